The predicted molar refractivity (Wildman–Crippen MR) is 122 cm³/mol. The molecule has 0 saturated heterocycles. The number of carbonyl (C=O) groups is 2. The molecule has 2 aromatic heterocycles. The minimum atomic E-state index is -0.441. The molecule has 0 aliphatic heterocycles. The molecule has 162 valence electrons. The number of ether oxygens (including phenoxy) is 1. The molecular formula is C23H26N4O3S. The van der Waals surface area contributed by atoms with Crippen LogP contribution in [0.15, 0.2) is 48.1 Å². The molecule has 1 unspecified atom stereocenters. The number of allylic oxidation sites excluding steroid dienone is 1. The molecule has 0 radical (unpaired) electrons. The van der Waals surface area contributed by atoms with Gasteiger partial charge in [0.15, 0.2) is 16.8 Å². The van der Waals surface area contributed by atoms with Crippen molar-refractivity contribution < 1.29 is 14.3 Å². The van der Waals surface area contributed by atoms with Crippen molar-refractivity contribution in [2.75, 3.05) is 6.61 Å². The van der Waals surface area contributed by atoms with Crippen LogP contribution in [0.25, 0.3) is 11.4 Å². The summed E-state index contributed by atoms with van der Waals surface area (Å²) in [6.45, 7) is 11.7. The van der Waals surface area contributed by atoms with Crippen molar-refractivity contribution in [2.24, 2.45) is 0 Å². The largest absolute Gasteiger partial charge is 0.462 e. The number of hydrogen-bond donors (Lipinski definition) is 1. The van der Waals surface area contributed by atoms with Crippen molar-refractivity contribution in [3.8, 4) is 11.4 Å². The predicted octanol–water partition coefficient (Wildman–Crippen LogP) is 4.62. The zero-order valence-corrected chi connectivity index (χ0v) is 19.0. The highest BCUT2D eigenvalue weighted by Crippen LogP contribution is 2.30. The van der Waals surface area contributed by atoms with Crippen molar-refractivity contribution >= 4 is 23.5 Å². The number of aryl methyl sites for hydroxylation is 1. The van der Waals surface area contributed by atoms with Gasteiger partial charge < -0.3 is 9.72 Å². The van der Waals surface area contributed by atoms with Gasteiger partial charge in [0.2, 0.25) is 0 Å². The highest BCUT2D eigenvalue weighted by atomic mass is 32.2. The Bertz CT molecular complexity index is 1100. The lowest BCUT2D eigenvalue weighted by molar-refractivity contribution is 0.0525. The number of nitrogens with zero attached hydrogens (tertiary/aromatic N) is 3. The minimum absolute atomic E-state index is 0.115. The molecule has 7 nitrogen and oxygen atoms in total. The van der Waals surface area contributed by atoms with Crippen molar-refractivity contribution in [3.63, 3.8) is 0 Å². The number of aromatic amines is 1. The van der Waals surface area contributed by atoms with Crippen LogP contribution in [-0.2, 0) is 11.3 Å². The third kappa shape index (κ3) is 4.64. The average Bonchev–Trinajstić information content (AvgIpc) is 3.28. The van der Waals surface area contributed by atoms with Gasteiger partial charge in [-0.2, -0.15) is 0 Å². The quantitative estimate of drug-likeness (QED) is 0.227. The summed E-state index contributed by atoms with van der Waals surface area (Å²) in [5.74, 6) is 0.182. The van der Waals surface area contributed by atoms with Crippen LogP contribution in [-0.4, -0.2) is 43.4 Å². The third-order valence-electron chi connectivity index (χ3n) is 4.88. The van der Waals surface area contributed by atoms with Crippen molar-refractivity contribution in [1.82, 2.24) is 19.7 Å². The standard InChI is InChI=1S/C23H26N4O3S/c1-6-13-27-21(17-11-9-8-10-12-17)25-26-23(27)31-16(5)20(28)19-14(3)18(15(4)24-19)22(29)30-7-2/h6,8-12,16,24H,1,7,13H2,2-5H3. The van der Waals surface area contributed by atoms with E-state index < -0.39 is 11.2 Å². The first-order chi connectivity index (χ1) is 14.9. The van der Waals surface area contributed by atoms with Crippen LogP contribution in [0.4, 0.5) is 0 Å². The second kappa shape index (κ2) is 9.78. The Morgan fingerprint density at radius 1 is 1.26 bits per heavy atom. The van der Waals surface area contributed by atoms with Gasteiger partial charge in [-0.1, -0.05) is 48.2 Å². The van der Waals surface area contributed by atoms with E-state index in [2.05, 4.69) is 21.8 Å². The molecule has 0 saturated carbocycles. The summed E-state index contributed by atoms with van der Waals surface area (Å²) in [6, 6.07) is 9.76. The van der Waals surface area contributed by atoms with Gasteiger partial charge >= 0.3 is 5.97 Å². The maximum atomic E-state index is 13.2. The summed E-state index contributed by atoms with van der Waals surface area (Å²) in [7, 11) is 0. The van der Waals surface area contributed by atoms with Gasteiger partial charge in [0.25, 0.3) is 0 Å². The normalized spacial score (nSPS) is 11.9. The molecule has 1 N–H and O–H groups in total. The Morgan fingerprint density at radius 3 is 2.61 bits per heavy atom. The molecule has 3 rings (SSSR count). The van der Waals surface area contributed by atoms with Gasteiger partial charge in [-0.3, -0.25) is 9.36 Å². The number of nitrogens with one attached hydrogen (secondary N) is 1. The molecule has 3 aromatic rings. The molecule has 2 heterocycles. The fourth-order valence-electron chi connectivity index (χ4n) is 3.39. The zero-order chi connectivity index (χ0) is 22.5. The Hall–Kier alpha value is -3.13. The number of esters is 1. The Balaban J connectivity index is 1.87. The van der Waals surface area contributed by atoms with E-state index in [-0.39, 0.29) is 12.4 Å². The van der Waals surface area contributed by atoms with Crippen molar-refractivity contribution in [1.29, 1.82) is 0 Å². The zero-order valence-electron chi connectivity index (χ0n) is 18.1. The molecular weight excluding hydrogens is 412 g/mol. The average molecular weight is 439 g/mol. The number of hydrogen-bond acceptors (Lipinski definition) is 6. The number of H-pyrrole nitrogens is 1. The van der Waals surface area contributed by atoms with Crippen molar-refractivity contribution in [3.05, 3.63) is 65.5 Å². The number of Topliss-reactive ketones (excluding diaryl/α,β-unsaturated/α-hetero) is 1. The number of aromatic nitrogens is 4. The molecule has 0 fully saturated rings. The van der Waals surface area contributed by atoms with Crippen LogP contribution in [0.3, 0.4) is 0 Å². The molecule has 0 aliphatic rings. The van der Waals surface area contributed by atoms with Crippen LogP contribution in [0.1, 0.15) is 46.0 Å². The Labute approximate surface area is 185 Å². The molecule has 0 aliphatic carbocycles. The van der Waals surface area contributed by atoms with Crippen LogP contribution in [0.2, 0.25) is 0 Å². The second-order valence-electron chi connectivity index (χ2n) is 7.04. The minimum Gasteiger partial charge on any atom is -0.462 e. The maximum absolute atomic E-state index is 13.2. The molecule has 31 heavy (non-hydrogen) atoms. The summed E-state index contributed by atoms with van der Waals surface area (Å²) in [4.78, 5) is 28.5. The molecule has 8 heteroatoms. The monoisotopic (exact) mass is 438 g/mol. The van der Waals surface area contributed by atoms with Crippen LogP contribution in [0, 0.1) is 13.8 Å². The first-order valence-electron chi connectivity index (χ1n) is 10.1. The summed E-state index contributed by atoms with van der Waals surface area (Å²) in [5, 5.41) is 8.84. The Morgan fingerprint density at radius 2 is 1.97 bits per heavy atom. The SMILES string of the molecule is C=CCn1c(SC(C)C(=O)c2[nH]c(C)c(C(=O)OCC)c2C)nnc1-c1ccccc1. The summed E-state index contributed by atoms with van der Waals surface area (Å²) < 4.78 is 7.06. The number of rotatable bonds is 9. The van der Waals surface area contributed by atoms with E-state index in [0.717, 1.165) is 11.4 Å². The van der Waals surface area contributed by atoms with Crippen molar-refractivity contribution in [2.45, 2.75) is 44.6 Å². The number of benzene rings is 1. The van der Waals surface area contributed by atoms with Crippen LogP contribution < -0.4 is 0 Å². The van der Waals surface area contributed by atoms with Gasteiger partial charge in [-0.25, -0.2) is 4.79 Å². The van der Waals surface area contributed by atoms with Crippen LogP contribution in [0.5, 0.6) is 0 Å². The number of thioether (sulfide) groups is 1. The van der Waals surface area contributed by atoms with E-state index in [1.165, 1.54) is 11.8 Å². The van der Waals surface area contributed by atoms with E-state index >= 15 is 0 Å². The summed E-state index contributed by atoms with van der Waals surface area (Å²) in [5.41, 5.74) is 3.00. The fourth-order valence-corrected chi connectivity index (χ4v) is 4.31. The van der Waals surface area contributed by atoms with E-state index in [1.807, 2.05) is 41.8 Å². The highest BCUT2D eigenvalue weighted by Gasteiger charge is 2.27. The van der Waals surface area contributed by atoms with Crippen LogP contribution >= 0.6 is 11.8 Å². The number of ketones is 1. The van der Waals surface area contributed by atoms with E-state index in [9.17, 15) is 9.59 Å². The Kier molecular flexibility index (Phi) is 7.12. The molecule has 0 amide bonds. The van der Waals surface area contributed by atoms with Gasteiger partial charge in [-0.15, -0.1) is 16.8 Å². The summed E-state index contributed by atoms with van der Waals surface area (Å²) in [6.07, 6.45) is 1.77. The number of carbonyl (C=O) groups excluding carboxylic acids is 2. The first kappa shape index (κ1) is 22.6. The van der Waals surface area contributed by atoms with Gasteiger partial charge in [0.1, 0.15) is 0 Å². The summed E-state index contributed by atoms with van der Waals surface area (Å²) >= 11 is 1.33. The van der Waals surface area contributed by atoms with E-state index in [1.54, 1.807) is 26.8 Å². The lowest BCUT2D eigenvalue weighted by Gasteiger charge is -2.12. The molecule has 1 atom stereocenters. The molecule has 0 bridgehead atoms. The van der Waals surface area contributed by atoms with Gasteiger partial charge in [0, 0.05) is 17.8 Å². The first-order valence-corrected chi connectivity index (χ1v) is 10.9. The topological polar surface area (TPSA) is 89.9 Å². The fraction of sp³-hybridized carbons (Fsp3) is 0.304. The van der Waals surface area contributed by atoms with Gasteiger partial charge in [-0.05, 0) is 33.3 Å². The van der Waals surface area contributed by atoms with Gasteiger partial charge in [0.05, 0.1) is 23.1 Å². The molecule has 1 aromatic carbocycles. The molecule has 0 spiro atoms. The lowest BCUT2D eigenvalue weighted by Crippen LogP contribution is -2.16. The smallest absolute Gasteiger partial charge is 0.340 e. The highest BCUT2D eigenvalue weighted by molar-refractivity contribution is 8.00. The maximum Gasteiger partial charge on any atom is 0.340 e. The van der Waals surface area contributed by atoms with E-state index in [0.29, 0.717) is 34.2 Å². The third-order valence-corrected chi connectivity index (χ3v) is 5.96. The lowest BCUT2D eigenvalue weighted by atomic mass is 10.1. The second-order valence-corrected chi connectivity index (χ2v) is 8.35. The van der Waals surface area contributed by atoms with E-state index in [4.69, 9.17) is 4.74 Å².